The van der Waals surface area contributed by atoms with E-state index in [1.54, 1.807) is 6.92 Å². The zero-order valence-corrected chi connectivity index (χ0v) is 16.5. The summed E-state index contributed by atoms with van der Waals surface area (Å²) in [5, 5.41) is 8.90. The summed E-state index contributed by atoms with van der Waals surface area (Å²) >= 11 is 0. The van der Waals surface area contributed by atoms with Crippen molar-refractivity contribution in [1.82, 2.24) is 25.3 Å². The summed E-state index contributed by atoms with van der Waals surface area (Å²) < 4.78 is 5.14. The van der Waals surface area contributed by atoms with Crippen LogP contribution in [-0.2, 0) is 11.3 Å². The first-order valence-corrected chi connectivity index (χ1v) is 9.31. The lowest BCUT2D eigenvalue weighted by Gasteiger charge is -2.33. The fourth-order valence-electron chi connectivity index (χ4n) is 3.18. The number of hydrogen-bond acceptors (Lipinski definition) is 7. The average molecular weight is 386 g/mol. The lowest BCUT2D eigenvalue weighted by molar-refractivity contribution is -0.121. The van der Waals surface area contributed by atoms with E-state index in [1.165, 1.54) is 0 Å². The van der Waals surface area contributed by atoms with Gasteiger partial charge in [0.1, 0.15) is 0 Å². The van der Waals surface area contributed by atoms with Gasteiger partial charge < -0.3 is 9.84 Å². The van der Waals surface area contributed by atoms with Crippen LogP contribution in [0.2, 0.25) is 0 Å². The van der Waals surface area contributed by atoms with Crippen LogP contribution in [0.4, 0.5) is 10.5 Å². The number of carbonyl (C=O) groups is 2. The topological polar surface area (TPSA) is 104 Å². The Morgan fingerprint density at radius 1 is 1.11 bits per heavy atom. The average Bonchev–Trinajstić information content (AvgIpc) is 3.04. The molecule has 0 saturated carbocycles. The van der Waals surface area contributed by atoms with Gasteiger partial charge in [-0.05, 0) is 32.4 Å². The number of hydrogen-bond donors (Lipinski definition) is 2. The molecule has 2 N–H and O–H groups in total. The number of nitrogens with zero attached hydrogens (tertiary/aromatic N) is 4. The first kappa shape index (κ1) is 20.0. The van der Waals surface area contributed by atoms with E-state index < -0.39 is 6.03 Å². The maximum atomic E-state index is 12.2. The van der Waals surface area contributed by atoms with Gasteiger partial charge in [-0.1, -0.05) is 22.9 Å². The molecule has 0 bridgehead atoms. The first-order valence-electron chi connectivity index (χ1n) is 9.31. The van der Waals surface area contributed by atoms with Crippen LogP contribution in [0.5, 0.6) is 0 Å². The fraction of sp³-hybridized carbons (Fsp3) is 0.474. The summed E-state index contributed by atoms with van der Waals surface area (Å²) in [6.45, 7) is 9.56. The maximum Gasteiger partial charge on any atom is 0.325 e. The molecule has 2 heterocycles. The third-order valence-corrected chi connectivity index (χ3v) is 4.64. The summed E-state index contributed by atoms with van der Waals surface area (Å²) in [4.78, 5) is 32.7. The highest BCUT2D eigenvalue weighted by molar-refractivity contribution is 6.02. The molecule has 0 spiro atoms. The summed E-state index contributed by atoms with van der Waals surface area (Å²) in [6.07, 6.45) is 0. The molecular weight excluding hydrogens is 360 g/mol. The van der Waals surface area contributed by atoms with E-state index in [1.807, 2.05) is 36.9 Å². The predicted molar refractivity (Wildman–Crippen MR) is 104 cm³/mol. The largest absolute Gasteiger partial charge is 0.338 e. The SMILES string of the molecule is Cc1ccc(NC(=O)NC(=O)CN2CCN(Cc3nc(C)no3)CC2)c(C)c1. The van der Waals surface area contributed by atoms with Crippen LogP contribution < -0.4 is 10.6 Å². The van der Waals surface area contributed by atoms with Crippen LogP contribution in [0, 0.1) is 20.8 Å². The molecule has 0 aliphatic carbocycles. The smallest absolute Gasteiger partial charge is 0.325 e. The van der Waals surface area contributed by atoms with E-state index in [0.29, 0.717) is 23.9 Å². The van der Waals surface area contributed by atoms with Crippen LogP contribution in [0.15, 0.2) is 22.7 Å². The van der Waals surface area contributed by atoms with Gasteiger partial charge >= 0.3 is 6.03 Å². The Morgan fingerprint density at radius 3 is 2.46 bits per heavy atom. The Bertz CT molecular complexity index is 842. The predicted octanol–water partition coefficient (Wildman–Crippen LogP) is 1.46. The van der Waals surface area contributed by atoms with Crippen molar-refractivity contribution in [3.05, 3.63) is 41.0 Å². The first-order chi connectivity index (χ1) is 13.4. The van der Waals surface area contributed by atoms with Gasteiger partial charge in [0.25, 0.3) is 0 Å². The molecule has 0 atom stereocenters. The lowest BCUT2D eigenvalue weighted by atomic mass is 10.1. The number of anilines is 1. The molecule has 2 aromatic rings. The van der Waals surface area contributed by atoms with Gasteiger partial charge in [-0.25, -0.2) is 4.79 Å². The zero-order valence-electron chi connectivity index (χ0n) is 16.5. The Hall–Kier alpha value is -2.78. The van der Waals surface area contributed by atoms with Crippen molar-refractivity contribution in [1.29, 1.82) is 0 Å². The minimum atomic E-state index is -0.512. The second kappa shape index (κ2) is 8.94. The van der Waals surface area contributed by atoms with E-state index in [4.69, 9.17) is 4.52 Å². The molecule has 1 fully saturated rings. The van der Waals surface area contributed by atoms with Gasteiger partial charge in [-0.2, -0.15) is 4.98 Å². The molecule has 1 aliphatic rings. The standard InChI is InChI=1S/C19H26N6O3/c1-13-4-5-16(14(2)10-13)21-19(27)22-17(26)11-24-6-8-25(9-7-24)12-18-20-15(3)23-28-18/h4-5,10H,6-9,11-12H2,1-3H3,(H2,21,22,26,27). The molecule has 1 aromatic carbocycles. The third kappa shape index (κ3) is 5.61. The van der Waals surface area contributed by atoms with Crippen molar-refractivity contribution < 1.29 is 14.1 Å². The molecule has 1 aromatic heterocycles. The summed E-state index contributed by atoms with van der Waals surface area (Å²) in [5.41, 5.74) is 2.77. The Kier molecular flexibility index (Phi) is 6.37. The number of piperazine rings is 1. The minimum absolute atomic E-state index is 0.188. The Morgan fingerprint density at radius 2 is 1.82 bits per heavy atom. The van der Waals surface area contributed by atoms with E-state index in [0.717, 1.165) is 37.3 Å². The monoisotopic (exact) mass is 386 g/mol. The fourth-order valence-corrected chi connectivity index (χ4v) is 3.18. The van der Waals surface area contributed by atoms with Crippen molar-refractivity contribution in [2.24, 2.45) is 0 Å². The minimum Gasteiger partial charge on any atom is -0.338 e. The second-order valence-electron chi connectivity index (χ2n) is 7.11. The summed E-state index contributed by atoms with van der Waals surface area (Å²) in [7, 11) is 0. The number of rotatable bonds is 5. The summed E-state index contributed by atoms with van der Waals surface area (Å²) in [6, 6.07) is 5.22. The lowest BCUT2D eigenvalue weighted by Crippen LogP contribution is -2.50. The highest BCUT2D eigenvalue weighted by Gasteiger charge is 2.21. The highest BCUT2D eigenvalue weighted by Crippen LogP contribution is 2.15. The molecule has 0 radical (unpaired) electrons. The molecule has 28 heavy (non-hydrogen) atoms. The molecule has 150 valence electrons. The Balaban J connectivity index is 1.39. The van der Waals surface area contributed by atoms with Crippen LogP contribution in [0.25, 0.3) is 0 Å². The van der Waals surface area contributed by atoms with Gasteiger partial charge in [0.15, 0.2) is 5.82 Å². The number of nitrogens with one attached hydrogen (secondary N) is 2. The molecule has 1 aliphatic heterocycles. The van der Waals surface area contributed by atoms with Gasteiger partial charge in [0.05, 0.1) is 13.1 Å². The van der Waals surface area contributed by atoms with Crippen molar-refractivity contribution >= 4 is 17.6 Å². The van der Waals surface area contributed by atoms with Gasteiger partial charge in [0.2, 0.25) is 11.8 Å². The Labute approximate surface area is 164 Å². The van der Waals surface area contributed by atoms with E-state index >= 15 is 0 Å². The highest BCUT2D eigenvalue weighted by atomic mass is 16.5. The van der Waals surface area contributed by atoms with Gasteiger partial charge in [0, 0.05) is 31.9 Å². The van der Waals surface area contributed by atoms with Crippen LogP contribution in [-0.4, -0.2) is 64.6 Å². The molecule has 3 rings (SSSR count). The number of aromatic nitrogens is 2. The zero-order chi connectivity index (χ0) is 20.1. The number of benzene rings is 1. The normalized spacial score (nSPS) is 15.4. The third-order valence-electron chi connectivity index (χ3n) is 4.64. The molecule has 9 heteroatoms. The molecule has 0 unspecified atom stereocenters. The molecule has 3 amide bonds. The summed E-state index contributed by atoms with van der Waals surface area (Å²) in [5.74, 6) is 0.916. The molecule has 1 saturated heterocycles. The van der Waals surface area contributed by atoms with Crippen LogP contribution in [0.3, 0.4) is 0 Å². The number of carbonyl (C=O) groups excluding carboxylic acids is 2. The van der Waals surface area contributed by atoms with Gasteiger partial charge in [-0.3, -0.25) is 19.9 Å². The molecule has 9 nitrogen and oxygen atoms in total. The quantitative estimate of drug-likeness (QED) is 0.802. The van der Waals surface area contributed by atoms with Gasteiger partial charge in [-0.15, -0.1) is 0 Å². The van der Waals surface area contributed by atoms with E-state index in [9.17, 15) is 9.59 Å². The number of amides is 3. The van der Waals surface area contributed by atoms with E-state index in [2.05, 4.69) is 25.7 Å². The number of aryl methyl sites for hydroxylation is 3. The van der Waals surface area contributed by atoms with Crippen molar-refractivity contribution in [2.75, 3.05) is 38.0 Å². The number of imide groups is 1. The van der Waals surface area contributed by atoms with E-state index in [-0.39, 0.29) is 12.5 Å². The van der Waals surface area contributed by atoms with Crippen molar-refractivity contribution in [3.8, 4) is 0 Å². The molecular formula is C19H26N6O3. The van der Waals surface area contributed by atoms with Crippen molar-refractivity contribution in [2.45, 2.75) is 27.3 Å². The van der Waals surface area contributed by atoms with Crippen molar-refractivity contribution in [3.63, 3.8) is 0 Å². The maximum absolute atomic E-state index is 12.2. The number of urea groups is 1. The van der Waals surface area contributed by atoms with Crippen LogP contribution >= 0.6 is 0 Å². The second-order valence-corrected chi connectivity index (χ2v) is 7.11. The van der Waals surface area contributed by atoms with Crippen LogP contribution in [0.1, 0.15) is 22.8 Å².